The fourth-order valence-electron chi connectivity index (χ4n) is 4.69. The van der Waals surface area contributed by atoms with Crippen LogP contribution in [0.5, 0.6) is 5.75 Å². The van der Waals surface area contributed by atoms with Gasteiger partial charge < -0.3 is 18.9 Å². The minimum atomic E-state index is -2.98. The molecule has 35 heavy (non-hydrogen) atoms. The second-order valence-corrected chi connectivity index (χ2v) is 8.39. The number of halogens is 3. The van der Waals surface area contributed by atoms with E-state index in [0.29, 0.717) is 47.1 Å². The van der Waals surface area contributed by atoms with E-state index in [1.54, 1.807) is 47.3 Å². The van der Waals surface area contributed by atoms with E-state index in [1.165, 1.54) is 6.07 Å². The smallest absolute Gasteiger partial charge is 0.387 e. The van der Waals surface area contributed by atoms with Gasteiger partial charge in [0.1, 0.15) is 17.1 Å². The third-order valence-corrected chi connectivity index (χ3v) is 6.31. The molecule has 2 aliphatic rings. The molecule has 11 heteroatoms. The van der Waals surface area contributed by atoms with Crippen LogP contribution in [-0.4, -0.2) is 57.4 Å². The number of aromatic nitrogens is 5. The maximum Gasteiger partial charge on any atom is 0.387 e. The maximum atomic E-state index is 15.0. The molecule has 1 saturated heterocycles. The molecule has 0 spiro atoms. The van der Waals surface area contributed by atoms with Gasteiger partial charge in [-0.2, -0.15) is 8.78 Å². The molecule has 0 radical (unpaired) electrons. The van der Waals surface area contributed by atoms with Crippen molar-refractivity contribution in [2.45, 2.75) is 25.2 Å². The first-order valence-corrected chi connectivity index (χ1v) is 11.3. The monoisotopic (exact) mass is 482 g/mol. The van der Waals surface area contributed by atoms with Gasteiger partial charge in [-0.05, 0) is 18.2 Å². The van der Waals surface area contributed by atoms with Gasteiger partial charge in [-0.15, -0.1) is 0 Å². The number of para-hydroxylation sites is 1. The highest BCUT2D eigenvalue weighted by molar-refractivity contribution is 5.77. The Balaban J connectivity index is 1.38. The molecule has 2 atom stereocenters. The molecule has 6 rings (SSSR count). The van der Waals surface area contributed by atoms with E-state index in [0.717, 1.165) is 13.1 Å². The average molecular weight is 482 g/mol. The Morgan fingerprint density at radius 3 is 2.54 bits per heavy atom. The number of morpholine rings is 1. The average Bonchev–Trinajstić information content (AvgIpc) is 3.42. The van der Waals surface area contributed by atoms with Gasteiger partial charge in [0.05, 0.1) is 24.9 Å². The van der Waals surface area contributed by atoms with Crippen LogP contribution < -0.4 is 9.64 Å². The minimum Gasteiger partial charge on any atom is -0.434 e. The van der Waals surface area contributed by atoms with Crippen molar-refractivity contribution in [3.63, 3.8) is 0 Å². The molecule has 2 unspecified atom stereocenters. The number of pyridine rings is 1. The number of benzene rings is 1. The van der Waals surface area contributed by atoms with E-state index in [4.69, 9.17) is 14.5 Å². The van der Waals surface area contributed by atoms with E-state index in [9.17, 15) is 13.2 Å². The van der Waals surface area contributed by atoms with Crippen LogP contribution >= 0.6 is 0 Å². The lowest BCUT2D eigenvalue weighted by molar-refractivity contribution is -0.0507. The molecule has 0 amide bonds. The van der Waals surface area contributed by atoms with Gasteiger partial charge in [0, 0.05) is 43.0 Å². The van der Waals surface area contributed by atoms with Crippen LogP contribution in [0.3, 0.4) is 0 Å². The van der Waals surface area contributed by atoms with Gasteiger partial charge in [-0.3, -0.25) is 0 Å². The lowest BCUT2D eigenvalue weighted by Gasteiger charge is -2.26. The normalized spacial score (nSPS) is 19.9. The highest BCUT2D eigenvalue weighted by Crippen LogP contribution is 2.45. The molecule has 8 nitrogen and oxygen atoms in total. The Hall–Kier alpha value is -3.73. The summed E-state index contributed by atoms with van der Waals surface area (Å²) in [6.45, 7) is -0.249. The number of imidazole rings is 1. The first kappa shape index (κ1) is 21.8. The fourth-order valence-corrected chi connectivity index (χ4v) is 4.69. The molecule has 1 aromatic carbocycles. The van der Waals surface area contributed by atoms with Crippen molar-refractivity contribution in [2.24, 2.45) is 0 Å². The first-order valence-electron chi connectivity index (χ1n) is 11.3. The highest BCUT2D eigenvalue weighted by atomic mass is 19.3. The van der Waals surface area contributed by atoms with Crippen molar-refractivity contribution in [1.82, 2.24) is 24.5 Å². The van der Waals surface area contributed by atoms with Crippen molar-refractivity contribution >= 4 is 17.1 Å². The molecule has 180 valence electrons. The van der Waals surface area contributed by atoms with Crippen LogP contribution in [0.4, 0.5) is 19.1 Å². The number of fused-ring (bicyclic) bond motifs is 3. The third-order valence-electron chi connectivity index (χ3n) is 6.31. The molecule has 2 aliphatic heterocycles. The zero-order chi connectivity index (χ0) is 23.9. The number of rotatable bonds is 5. The summed E-state index contributed by atoms with van der Waals surface area (Å²) < 4.78 is 52.7. The van der Waals surface area contributed by atoms with Crippen LogP contribution in [0.15, 0.2) is 48.8 Å². The third kappa shape index (κ3) is 3.95. The quantitative estimate of drug-likeness (QED) is 0.419. The van der Waals surface area contributed by atoms with Crippen LogP contribution in [0, 0.1) is 0 Å². The highest BCUT2D eigenvalue weighted by Gasteiger charge is 2.37. The van der Waals surface area contributed by atoms with Crippen molar-refractivity contribution in [3.8, 4) is 17.0 Å². The Kier molecular flexibility index (Phi) is 5.48. The van der Waals surface area contributed by atoms with Crippen molar-refractivity contribution in [2.75, 3.05) is 31.2 Å². The van der Waals surface area contributed by atoms with Gasteiger partial charge in [-0.1, -0.05) is 18.2 Å². The van der Waals surface area contributed by atoms with Crippen molar-refractivity contribution in [1.29, 1.82) is 0 Å². The topological polar surface area (TPSA) is 78.2 Å². The number of ether oxygens (including phenoxy) is 2. The Labute approximate surface area is 198 Å². The van der Waals surface area contributed by atoms with Gasteiger partial charge in [0.2, 0.25) is 5.95 Å². The molecule has 0 saturated carbocycles. The molecule has 0 aliphatic carbocycles. The first-order chi connectivity index (χ1) is 17.1. The molecule has 1 fully saturated rings. The van der Waals surface area contributed by atoms with Crippen LogP contribution in [-0.2, 0) is 4.74 Å². The zero-order valence-electron chi connectivity index (χ0n) is 18.5. The lowest BCUT2D eigenvalue weighted by Crippen LogP contribution is -2.37. The summed E-state index contributed by atoms with van der Waals surface area (Å²) in [6, 6.07) is 9.41. The number of nitrogens with zero attached hydrogens (tertiary/aromatic N) is 6. The lowest BCUT2D eigenvalue weighted by atomic mass is 10.0. The van der Waals surface area contributed by atoms with Crippen LogP contribution in [0.1, 0.15) is 30.0 Å². The van der Waals surface area contributed by atoms with Crippen LogP contribution in [0.2, 0.25) is 0 Å². The largest absolute Gasteiger partial charge is 0.434 e. The van der Waals surface area contributed by atoms with Crippen molar-refractivity contribution < 1.29 is 22.6 Å². The number of alkyl halides is 3. The summed E-state index contributed by atoms with van der Waals surface area (Å²) in [5, 5.41) is 0. The summed E-state index contributed by atoms with van der Waals surface area (Å²) in [7, 11) is 0. The summed E-state index contributed by atoms with van der Waals surface area (Å²) >= 11 is 0. The van der Waals surface area contributed by atoms with E-state index in [1.807, 2.05) is 0 Å². The summed E-state index contributed by atoms with van der Waals surface area (Å²) in [5.74, 6) is 0.859. The van der Waals surface area contributed by atoms with E-state index in [2.05, 4.69) is 19.9 Å². The Bertz CT molecular complexity index is 1360. The van der Waals surface area contributed by atoms with Gasteiger partial charge in [0.15, 0.2) is 11.8 Å². The molecule has 0 N–H and O–H groups in total. The maximum absolute atomic E-state index is 15.0. The van der Waals surface area contributed by atoms with Gasteiger partial charge in [0.25, 0.3) is 0 Å². The van der Waals surface area contributed by atoms with Gasteiger partial charge in [-0.25, -0.2) is 24.3 Å². The standard InChI is InChI=1S/C24H21F3N6O2/c25-16-11-19(15-3-1-2-4-20(15)35-23(26)27)33-21(16)31-18-6-5-17(30-22(18)33)14-12-28-24(29-13-14)32-7-9-34-10-8-32/h1-6,12-13,16,19,23H,7-11H2. The van der Waals surface area contributed by atoms with Gasteiger partial charge >= 0.3 is 6.61 Å². The predicted molar refractivity (Wildman–Crippen MR) is 121 cm³/mol. The predicted octanol–water partition coefficient (Wildman–Crippen LogP) is 4.33. The summed E-state index contributed by atoms with van der Waals surface area (Å²) in [4.78, 5) is 20.2. The van der Waals surface area contributed by atoms with E-state index < -0.39 is 18.8 Å². The second kappa shape index (κ2) is 8.81. The SMILES string of the molecule is FC(F)Oc1ccccc1C1CC(F)c2nc3ccc(-c4cnc(N5CCOCC5)nc4)nc3n21. The Morgan fingerprint density at radius 2 is 1.77 bits per heavy atom. The van der Waals surface area contributed by atoms with E-state index >= 15 is 0 Å². The number of hydrogen-bond donors (Lipinski definition) is 0. The number of anilines is 1. The molecular weight excluding hydrogens is 461 g/mol. The second-order valence-electron chi connectivity index (χ2n) is 8.39. The summed E-state index contributed by atoms with van der Waals surface area (Å²) in [6.07, 6.45) is 2.11. The molecular formula is C24H21F3N6O2. The van der Waals surface area contributed by atoms with Crippen LogP contribution in [0.25, 0.3) is 22.4 Å². The van der Waals surface area contributed by atoms with Crippen molar-refractivity contribution in [3.05, 3.63) is 60.2 Å². The number of hydrogen-bond acceptors (Lipinski definition) is 7. The molecule has 5 heterocycles. The summed E-state index contributed by atoms with van der Waals surface area (Å²) in [5.41, 5.74) is 2.75. The zero-order valence-corrected chi connectivity index (χ0v) is 18.5. The molecule has 3 aromatic heterocycles. The molecule has 4 aromatic rings. The van der Waals surface area contributed by atoms with E-state index in [-0.39, 0.29) is 18.0 Å². The fraction of sp³-hybridized carbons (Fsp3) is 0.333. The molecule has 0 bridgehead atoms. The minimum absolute atomic E-state index is 0.0117. The Morgan fingerprint density at radius 1 is 1.00 bits per heavy atom.